The van der Waals surface area contributed by atoms with Crippen LogP contribution in [-0.4, -0.2) is 47.9 Å². The van der Waals surface area contributed by atoms with Crippen molar-refractivity contribution in [2.24, 2.45) is 5.73 Å². The van der Waals surface area contributed by atoms with Gasteiger partial charge in [0, 0.05) is 32.6 Å². The molecule has 0 spiro atoms. The second-order valence-corrected chi connectivity index (χ2v) is 4.49. The van der Waals surface area contributed by atoms with Gasteiger partial charge in [0.25, 0.3) is 0 Å². The van der Waals surface area contributed by atoms with Gasteiger partial charge < -0.3 is 15.4 Å². The van der Waals surface area contributed by atoms with E-state index < -0.39 is 0 Å². The van der Waals surface area contributed by atoms with Crippen LogP contribution in [0.1, 0.15) is 12.1 Å². The molecule has 0 saturated carbocycles. The zero-order chi connectivity index (χ0) is 13.7. The second-order valence-electron chi connectivity index (χ2n) is 4.49. The lowest BCUT2D eigenvalue weighted by Crippen LogP contribution is -2.30. The molecule has 0 amide bonds. The van der Waals surface area contributed by atoms with Crippen LogP contribution in [0.5, 0.6) is 0 Å². The average Bonchev–Trinajstić information content (AvgIpc) is 2.79. The van der Waals surface area contributed by atoms with Crippen LogP contribution >= 0.6 is 0 Å². The number of aryl methyl sites for hydroxylation is 1. The summed E-state index contributed by atoms with van der Waals surface area (Å²) in [6.07, 6.45) is 4.57. The minimum atomic E-state index is 0.667. The molecule has 0 saturated heterocycles. The van der Waals surface area contributed by atoms with Crippen molar-refractivity contribution >= 4 is 11.3 Å². The maximum absolute atomic E-state index is 5.60. The molecule has 2 N–H and O–H groups in total. The molecule has 19 heavy (non-hydrogen) atoms. The molecule has 6 nitrogen and oxygen atoms in total. The summed E-state index contributed by atoms with van der Waals surface area (Å²) in [6.45, 7) is 4.99. The van der Waals surface area contributed by atoms with Gasteiger partial charge in [-0.05, 0) is 26.0 Å². The van der Waals surface area contributed by atoms with Crippen LogP contribution < -0.4 is 10.6 Å². The van der Waals surface area contributed by atoms with E-state index in [9.17, 15) is 0 Å². The number of anilines is 1. The van der Waals surface area contributed by atoms with E-state index in [1.54, 1.807) is 13.3 Å². The predicted octanol–water partition coefficient (Wildman–Crippen LogP) is 0.839. The summed E-state index contributed by atoms with van der Waals surface area (Å²) in [7, 11) is 1.71. The van der Waals surface area contributed by atoms with E-state index >= 15 is 0 Å². The number of methoxy groups -OCH3 is 1. The molecule has 2 heterocycles. The Kier molecular flexibility index (Phi) is 4.70. The molecule has 2 aromatic heterocycles. The maximum Gasteiger partial charge on any atom is 0.154 e. The van der Waals surface area contributed by atoms with E-state index in [1.165, 1.54) is 0 Å². The van der Waals surface area contributed by atoms with E-state index in [2.05, 4.69) is 15.0 Å². The Balaban J connectivity index is 2.30. The van der Waals surface area contributed by atoms with Gasteiger partial charge in [0.15, 0.2) is 5.82 Å². The highest BCUT2D eigenvalue weighted by atomic mass is 16.5. The molecule has 104 valence electrons. The normalized spacial score (nSPS) is 11.1. The fourth-order valence-corrected chi connectivity index (χ4v) is 2.08. The molecular formula is C13H21N5O. The molecular weight excluding hydrogens is 242 g/mol. The molecule has 0 bridgehead atoms. The topological polar surface area (TPSA) is 68.7 Å². The van der Waals surface area contributed by atoms with Crippen LogP contribution in [0.15, 0.2) is 18.5 Å². The van der Waals surface area contributed by atoms with E-state index in [1.807, 2.05) is 23.7 Å². The maximum atomic E-state index is 5.60. The molecule has 6 heteroatoms. The van der Waals surface area contributed by atoms with Gasteiger partial charge in [0.2, 0.25) is 0 Å². The summed E-state index contributed by atoms with van der Waals surface area (Å²) in [6, 6.07) is 2.05. The summed E-state index contributed by atoms with van der Waals surface area (Å²) < 4.78 is 7.03. The van der Waals surface area contributed by atoms with Gasteiger partial charge in [-0.25, -0.2) is 9.50 Å². The standard InChI is InChI=1S/C13H21N5O/c1-11-10-12-13(15-5-7-18(12)16-11)17(6-3-4-14)8-9-19-2/h5,7,10H,3-4,6,8-9,14H2,1-2H3. The summed E-state index contributed by atoms with van der Waals surface area (Å²) in [4.78, 5) is 6.70. The lowest BCUT2D eigenvalue weighted by Gasteiger charge is -2.23. The van der Waals surface area contributed by atoms with Crippen LogP contribution in [0.4, 0.5) is 5.82 Å². The highest BCUT2D eigenvalue weighted by molar-refractivity contribution is 5.69. The van der Waals surface area contributed by atoms with E-state index in [-0.39, 0.29) is 0 Å². The van der Waals surface area contributed by atoms with E-state index in [0.29, 0.717) is 13.2 Å². The fourth-order valence-electron chi connectivity index (χ4n) is 2.08. The summed E-state index contributed by atoms with van der Waals surface area (Å²) in [5.74, 6) is 0.939. The van der Waals surface area contributed by atoms with Crippen LogP contribution in [0.2, 0.25) is 0 Å². The van der Waals surface area contributed by atoms with Gasteiger partial charge in [0.1, 0.15) is 5.52 Å². The molecule has 0 aliphatic rings. The van der Waals surface area contributed by atoms with Gasteiger partial charge in [0.05, 0.1) is 12.3 Å². The first-order valence-corrected chi connectivity index (χ1v) is 6.51. The number of rotatable bonds is 7. The SMILES string of the molecule is COCCN(CCCN)c1nccn2nc(C)cc12. The third-order valence-corrected chi connectivity index (χ3v) is 2.99. The molecule has 0 unspecified atom stereocenters. The Morgan fingerprint density at radius 3 is 3.00 bits per heavy atom. The van der Waals surface area contributed by atoms with E-state index in [0.717, 1.165) is 36.5 Å². The van der Waals surface area contributed by atoms with Crippen LogP contribution in [0.3, 0.4) is 0 Å². The molecule has 2 rings (SSSR count). The minimum Gasteiger partial charge on any atom is -0.383 e. The van der Waals surface area contributed by atoms with E-state index in [4.69, 9.17) is 10.5 Å². The van der Waals surface area contributed by atoms with Crippen LogP contribution in [0.25, 0.3) is 5.52 Å². The van der Waals surface area contributed by atoms with Crippen molar-refractivity contribution in [2.45, 2.75) is 13.3 Å². The second kappa shape index (κ2) is 6.49. The van der Waals surface area contributed by atoms with Crippen molar-refractivity contribution in [3.8, 4) is 0 Å². The van der Waals surface area contributed by atoms with Gasteiger partial charge in [-0.15, -0.1) is 0 Å². The summed E-state index contributed by atoms with van der Waals surface area (Å²) in [5, 5.41) is 4.41. The molecule has 0 aliphatic carbocycles. The average molecular weight is 263 g/mol. The number of hydrogen-bond acceptors (Lipinski definition) is 5. The Hall–Kier alpha value is -1.66. The molecule has 0 fully saturated rings. The first-order valence-electron chi connectivity index (χ1n) is 6.51. The van der Waals surface area contributed by atoms with Crippen molar-refractivity contribution in [1.82, 2.24) is 14.6 Å². The minimum absolute atomic E-state index is 0.667. The zero-order valence-electron chi connectivity index (χ0n) is 11.5. The number of nitrogens with zero attached hydrogens (tertiary/aromatic N) is 4. The highest BCUT2D eigenvalue weighted by Gasteiger charge is 2.12. The zero-order valence-corrected chi connectivity index (χ0v) is 11.5. The first-order chi connectivity index (χ1) is 9.26. The molecule has 0 radical (unpaired) electrons. The lowest BCUT2D eigenvalue weighted by molar-refractivity contribution is 0.205. The van der Waals surface area contributed by atoms with Crippen molar-refractivity contribution < 1.29 is 4.74 Å². The van der Waals surface area contributed by atoms with Crippen LogP contribution in [-0.2, 0) is 4.74 Å². The largest absolute Gasteiger partial charge is 0.383 e. The third kappa shape index (κ3) is 3.21. The summed E-state index contributed by atoms with van der Waals surface area (Å²) >= 11 is 0. The van der Waals surface area contributed by atoms with Gasteiger partial charge in [-0.1, -0.05) is 0 Å². The molecule has 0 atom stereocenters. The summed E-state index contributed by atoms with van der Waals surface area (Å²) in [5.41, 5.74) is 7.61. The Labute approximate surface area is 113 Å². The van der Waals surface area contributed by atoms with Crippen LogP contribution in [0, 0.1) is 6.92 Å². The lowest BCUT2D eigenvalue weighted by atomic mass is 10.3. The Morgan fingerprint density at radius 2 is 2.26 bits per heavy atom. The van der Waals surface area contributed by atoms with Gasteiger partial charge in [-0.2, -0.15) is 5.10 Å². The number of aromatic nitrogens is 3. The van der Waals surface area contributed by atoms with Crippen molar-refractivity contribution in [3.05, 3.63) is 24.2 Å². The Morgan fingerprint density at radius 1 is 1.42 bits per heavy atom. The number of ether oxygens (including phenoxy) is 1. The fraction of sp³-hybridized carbons (Fsp3) is 0.538. The number of hydrogen-bond donors (Lipinski definition) is 1. The highest BCUT2D eigenvalue weighted by Crippen LogP contribution is 2.19. The quantitative estimate of drug-likeness (QED) is 0.801. The van der Waals surface area contributed by atoms with Crippen molar-refractivity contribution in [3.63, 3.8) is 0 Å². The molecule has 0 aromatic carbocycles. The van der Waals surface area contributed by atoms with Gasteiger partial charge in [-0.3, -0.25) is 0 Å². The smallest absolute Gasteiger partial charge is 0.154 e. The number of nitrogens with two attached hydrogens (primary N) is 1. The first kappa shape index (κ1) is 13.8. The van der Waals surface area contributed by atoms with Crippen molar-refractivity contribution in [2.75, 3.05) is 38.3 Å². The predicted molar refractivity (Wildman–Crippen MR) is 75.5 cm³/mol. The van der Waals surface area contributed by atoms with Gasteiger partial charge >= 0.3 is 0 Å². The number of fused-ring (bicyclic) bond motifs is 1. The Bertz CT molecular complexity index is 517. The molecule has 0 aliphatic heterocycles. The third-order valence-electron chi connectivity index (χ3n) is 2.99. The van der Waals surface area contributed by atoms with Crippen molar-refractivity contribution in [1.29, 1.82) is 0 Å². The molecule has 2 aromatic rings. The monoisotopic (exact) mass is 263 g/mol.